The SMILES string of the molecule is N=CC(F)=Cc1cc[nH]c1. The Morgan fingerprint density at radius 3 is 3.00 bits per heavy atom. The van der Waals surface area contributed by atoms with Crippen molar-refractivity contribution in [2.24, 2.45) is 0 Å². The molecule has 0 aliphatic heterocycles. The fourth-order valence-corrected chi connectivity index (χ4v) is 0.627. The second-order valence-electron chi connectivity index (χ2n) is 1.82. The third kappa shape index (κ3) is 1.55. The summed E-state index contributed by atoms with van der Waals surface area (Å²) in [5.41, 5.74) is 0.737. The molecule has 2 N–H and O–H groups in total. The van der Waals surface area contributed by atoms with Crippen LogP contribution in [-0.4, -0.2) is 11.2 Å². The van der Waals surface area contributed by atoms with E-state index in [2.05, 4.69) is 4.98 Å². The van der Waals surface area contributed by atoms with Crippen LogP contribution in [0.4, 0.5) is 4.39 Å². The van der Waals surface area contributed by atoms with E-state index in [1.807, 2.05) is 0 Å². The second-order valence-corrected chi connectivity index (χ2v) is 1.82. The van der Waals surface area contributed by atoms with Gasteiger partial charge in [0.1, 0.15) is 5.83 Å². The normalized spacial score (nSPS) is 11.5. The maximum atomic E-state index is 12.3. The second kappa shape index (κ2) is 2.96. The molecule has 1 heterocycles. The molecule has 3 heteroatoms. The lowest BCUT2D eigenvalue weighted by molar-refractivity contribution is 0.692. The fourth-order valence-electron chi connectivity index (χ4n) is 0.627. The number of hydrogen-bond acceptors (Lipinski definition) is 1. The molecule has 10 heavy (non-hydrogen) atoms. The van der Waals surface area contributed by atoms with E-state index in [9.17, 15) is 4.39 Å². The number of allylic oxidation sites excluding steroid dienone is 1. The first-order valence-corrected chi connectivity index (χ1v) is 2.83. The average molecular weight is 138 g/mol. The summed E-state index contributed by atoms with van der Waals surface area (Å²) in [7, 11) is 0. The molecule has 0 bridgehead atoms. The molecule has 0 amide bonds. The molecule has 0 unspecified atom stereocenters. The number of hydrogen-bond donors (Lipinski definition) is 2. The molecule has 2 nitrogen and oxygen atoms in total. The van der Waals surface area contributed by atoms with E-state index in [-0.39, 0.29) is 0 Å². The largest absolute Gasteiger partial charge is 0.367 e. The minimum atomic E-state index is -0.542. The molecule has 0 saturated carbocycles. The molecule has 1 rings (SSSR count). The van der Waals surface area contributed by atoms with Crippen LogP contribution in [-0.2, 0) is 0 Å². The molecule has 1 aromatic rings. The molecular weight excluding hydrogens is 131 g/mol. The molecular formula is C7H7FN2. The van der Waals surface area contributed by atoms with E-state index in [0.29, 0.717) is 6.21 Å². The van der Waals surface area contributed by atoms with Crippen molar-refractivity contribution in [3.05, 3.63) is 29.9 Å². The van der Waals surface area contributed by atoms with Crippen molar-refractivity contribution in [2.75, 3.05) is 0 Å². The molecule has 0 aliphatic carbocycles. The van der Waals surface area contributed by atoms with Crippen LogP contribution in [0.3, 0.4) is 0 Å². The maximum absolute atomic E-state index is 12.3. The number of rotatable bonds is 2. The summed E-state index contributed by atoms with van der Waals surface area (Å²) in [5.74, 6) is -0.542. The highest BCUT2D eigenvalue weighted by Crippen LogP contribution is 2.03. The highest BCUT2D eigenvalue weighted by atomic mass is 19.1. The van der Waals surface area contributed by atoms with Crippen LogP contribution in [0.15, 0.2) is 24.3 Å². The van der Waals surface area contributed by atoms with Gasteiger partial charge in [-0.1, -0.05) is 0 Å². The summed E-state index contributed by atoms with van der Waals surface area (Å²) >= 11 is 0. The van der Waals surface area contributed by atoms with Crippen molar-refractivity contribution < 1.29 is 4.39 Å². The number of nitrogens with one attached hydrogen (secondary N) is 2. The van der Waals surface area contributed by atoms with Gasteiger partial charge in [0.15, 0.2) is 0 Å². The lowest BCUT2D eigenvalue weighted by Gasteiger charge is -1.81. The van der Waals surface area contributed by atoms with Gasteiger partial charge in [-0.15, -0.1) is 0 Å². The first-order valence-electron chi connectivity index (χ1n) is 2.83. The van der Waals surface area contributed by atoms with Gasteiger partial charge in [-0.3, -0.25) is 0 Å². The monoisotopic (exact) mass is 138 g/mol. The van der Waals surface area contributed by atoms with Gasteiger partial charge in [0, 0.05) is 12.4 Å². The molecule has 1 aromatic heterocycles. The van der Waals surface area contributed by atoms with Crippen molar-refractivity contribution in [1.82, 2.24) is 4.98 Å². The van der Waals surface area contributed by atoms with Gasteiger partial charge in [0.25, 0.3) is 0 Å². The Morgan fingerprint density at radius 2 is 2.50 bits per heavy atom. The Bertz CT molecular complexity index is 236. The fraction of sp³-hybridized carbons (Fsp3) is 0. The predicted molar refractivity (Wildman–Crippen MR) is 38.7 cm³/mol. The van der Waals surface area contributed by atoms with E-state index in [1.165, 1.54) is 6.08 Å². The van der Waals surface area contributed by atoms with Gasteiger partial charge < -0.3 is 10.4 Å². The maximum Gasteiger partial charge on any atom is 0.141 e. The average Bonchev–Trinajstić information content (AvgIpc) is 2.40. The Hall–Kier alpha value is -1.38. The van der Waals surface area contributed by atoms with Gasteiger partial charge >= 0.3 is 0 Å². The van der Waals surface area contributed by atoms with E-state index >= 15 is 0 Å². The standard InChI is InChI=1S/C7H7FN2/c8-7(4-9)3-6-1-2-10-5-6/h1-5,9-10H. The highest BCUT2D eigenvalue weighted by Gasteiger charge is 1.89. The summed E-state index contributed by atoms with van der Waals surface area (Å²) in [4.78, 5) is 2.77. The van der Waals surface area contributed by atoms with Gasteiger partial charge in [-0.25, -0.2) is 4.39 Å². The van der Waals surface area contributed by atoms with Crippen LogP contribution >= 0.6 is 0 Å². The third-order valence-electron chi connectivity index (χ3n) is 1.06. The van der Waals surface area contributed by atoms with Crippen molar-refractivity contribution in [3.63, 3.8) is 0 Å². The molecule has 0 atom stereocenters. The summed E-state index contributed by atoms with van der Waals surface area (Å²) in [6.07, 6.45) is 5.31. The minimum Gasteiger partial charge on any atom is -0.367 e. The minimum absolute atomic E-state index is 0.542. The quantitative estimate of drug-likeness (QED) is 0.586. The van der Waals surface area contributed by atoms with Crippen molar-refractivity contribution in [1.29, 1.82) is 5.41 Å². The Balaban J connectivity index is 2.80. The molecule has 0 fully saturated rings. The lowest BCUT2D eigenvalue weighted by Crippen LogP contribution is -1.70. The first-order chi connectivity index (χ1) is 4.83. The molecule has 0 aromatic carbocycles. The van der Waals surface area contributed by atoms with Gasteiger partial charge in [-0.2, -0.15) is 0 Å². The Morgan fingerprint density at radius 1 is 1.70 bits per heavy atom. The number of H-pyrrole nitrogens is 1. The lowest BCUT2D eigenvalue weighted by atomic mass is 10.3. The Kier molecular flexibility index (Phi) is 1.99. The van der Waals surface area contributed by atoms with Gasteiger partial charge in [0.05, 0.1) is 6.21 Å². The highest BCUT2D eigenvalue weighted by molar-refractivity contribution is 5.80. The summed E-state index contributed by atoms with van der Waals surface area (Å²) in [6, 6.07) is 1.73. The van der Waals surface area contributed by atoms with E-state index < -0.39 is 5.83 Å². The van der Waals surface area contributed by atoms with Gasteiger partial charge in [0.2, 0.25) is 0 Å². The molecule has 0 spiro atoms. The zero-order chi connectivity index (χ0) is 7.40. The molecule has 0 aliphatic rings. The molecule has 0 radical (unpaired) electrons. The number of aromatic amines is 1. The van der Waals surface area contributed by atoms with E-state index in [4.69, 9.17) is 5.41 Å². The molecule has 52 valence electrons. The van der Waals surface area contributed by atoms with Gasteiger partial charge in [-0.05, 0) is 17.7 Å². The van der Waals surface area contributed by atoms with Crippen LogP contribution in [0.1, 0.15) is 5.56 Å². The van der Waals surface area contributed by atoms with Crippen LogP contribution in [0.25, 0.3) is 6.08 Å². The van der Waals surface area contributed by atoms with Crippen LogP contribution in [0, 0.1) is 5.41 Å². The van der Waals surface area contributed by atoms with E-state index in [1.54, 1.807) is 18.5 Å². The first kappa shape index (κ1) is 6.74. The molecule has 0 saturated heterocycles. The smallest absolute Gasteiger partial charge is 0.141 e. The van der Waals surface area contributed by atoms with Crippen LogP contribution in [0.5, 0.6) is 0 Å². The zero-order valence-corrected chi connectivity index (χ0v) is 5.26. The van der Waals surface area contributed by atoms with Crippen molar-refractivity contribution in [3.8, 4) is 0 Å². The summed E-state index contributed by atoms with van der Waals surface area (Å²) in [6.45, 7) is 0. The third-order valence-corrected chi connectivity index (χ3v) is 1.06. The summed E-state index contributed by atoms with van der Waals surface area (Å²) < 4.78 is 12.3. The predicted octanol–water partition coefficient (Wildman–Crippen LogP) is 1.97. The van der Waals surface area contributed by atoms with Crippen LogP contribution < -0.4 is 0 Å². The number of aromatic nitrogens is 1. The zero-order valence-electron chi connectivity index (χ0n) is 5.26. The Labute approximate surface area is 57.9 Å². The summed E-state index contributed by atoms with van der Waals surface area (Å²) in [5, 5.41) is 6.53. The van der Waals surface area contributed by atoms with Crippen LogP contribution in [0.2, 0.25) is 0 Å². The number of halogens is 1. The topological polar surface area (TPSA) is 39.6 Å². The van der Waals surface area contributed by atoms with Crippen molar-refractivity contribution in [2.45, 2.75) is 0 Å². The van der Waals surface area contributed by atoms with Crippen molar-refractivity contribution >= 4 is 12.3 Å². The van der Waals surface area contributed by atoms with E-state index in [0.717, 1.165) is 5.56 Å².